The Balaban J connectivity index is 2.26. The summed E-state index contributed by atoms with van der Waals surface area (Å²) in [5.41, 5.74) is 6.03. The third kappa shape index (κ3) is 11.2. The highest BCUT2D eigenvalue weighted by Crippen LogP contribution is 2.55. The minimum Gasteiger partial charge on any atom is -0.490 e. The van der Waals surface area contributed by atoms with Crippen LogP contribution in [0, 0.1) is 5.41 Å². The van der Waals surface area contributed by atoms with Crippen LogP contribution in [0.15, 0.2) is 42.5 Å². The average molecular weight is 628 g/mol. The number of hydrogen-bond acceptors (Lipinski definition) is 7. The van der Waals surface area contributed by atoms with E-state index in [2.05, 4.69) is 10.6 Å². The molecule has 2 aromatic carbocycles. The molecule has 232 valence electrons. The van der Waals surface area contributed by atoms with Crippen molar-refractivity contribution in [2.24, 2.45) is 11.1 Å². The molecule has 42 heavy (non-hydrogen) atoms. The van der Waals surface area contributed by atoms with Crippen molar-refractivity contribution in [1.29, 1.82) is 0 Å². The number of benzene rings is 2. The predicted octanol–water partition coefficient (Wildman–Crippen LogP) is 3.22. The topological polar surface area (TPSA) is 215 Å². The Labute approximate surface area is 244 Å². The van der Waals surface area contributed by atoms with Crippen molar-refractivity contribution >= 4 is 32.9 Å². The van der Waals surface area contributed by atoms with E-state index in [1.807, 2.05) is 13.8 Å². The first kappa shape index (κ1) is 35.0. The molecule has 3 amide bonds. The maximum Gasteiger partial charge on any atom is 0.388 e. The molecule has 0 aliphatic carbocycles. The Kier molecular flexibility index (Phi) is 11.5. The molecule has 0 saturated carbocycles. The van der Waals surface area contributed by atoms with E-state index in [0.717, 1.165) is 0 Å². The molecule has 0 aromatic heterocycles. The highest BCUT2D eigenvalue weighted by molar-refractivity contribution is 7.70. The maximum absolute atomic E-state index is 13.4. The minimum atomic E-state index is -4.79. The van der Waals surface area contributed by atoms with Crippen molar-refractivity contribution in [3.63, 3.8) is 0 Å². The summed E-state index contributed by atoms with van der Waals surface area (Å²) in [5, 5.41) is 5.60. The molecule has 2 rings (SSSR count). The van der Waals surface area contributed by atoms with Crippen molar-refractivity contribution < 1.29 is 47.5 Å². The molecule has 3 atom stereocenters. The summed E-state index contributed by atoms with van der Waals surface area (Å²) in [6.07, 6.45) is -0.153. The fourth-order valence-corrected chi connectivity index (χ4v) is 6.24. The molecule has 0 saturated heterocycles. The van der Waals surface area contributed by atoms with E-state index in [9.17, 15) is 28.4 Å². The first-order chi connectivity index (χ1) is 19.2. The summed E-state index contributed by atoms with van der Waals surface area (Å²) in [7, 11) is -9.41. The Morgan fingerprint density at radius 3 is 2.05 bits per heavy atom. The van der Waals surface area contributed by atoms with Crippen molar-refractivity contribution in [1.82, 2.24) is 10.6 Å². The third-order valence-electron chi connectivity index (χ3n) is 5.77. The first-order valence-corrected chi connectivity index (χ1v) is 16.6. The van der Waals surface area contributed by atoms with Crippen LogP contribution in [0.1, 0.15) is 69.1 Å². The average Bonchev–Trinajstić information content (AvgIpc) is 2.82. The van der Waals surface area contributed by atoms with E-state index in [4.69, 9.17) is 24.8 Å². The van der Waals surface area contributed by atoms with E-state index in [0.29, 0.717) is 16.9 Å². The second kappa shape index (κ2) is 13.8. The molecule has 0 bridgehead atoms. The van der Waals surface area contributed by atoms with Gasteiger partial charge in [0, 0.05) is 11.8 Å². The molecule has 0 radical (unpaired) electrons. The number of carbonyl (C=O) groups excluding carboxylic acids is 3. The quantitative estimate of drug-likeness (QED) is 0.178. The molecule has 0 aliphatic heterocycles. The SMILES string of the molecule is CC(C)Oc1ccc([C@H](C)NC(=O)[C@H](Cc2ccc(OP(=O)(O)CP(=O)(O)O)cc2)NC(=O)C(C)(C)C)cc1C(N)=O. The van der Waals surface area contributed by atoms with Crippen LogP contribution >= 0.6 is 15.2 Å². The Morgan fingerprint density at radius 1 is 0.952 bits per heavy atom. The number of amides is 3. The third-order valence-corrected chi connectivity index (χ3v) is 9.17. The number of ether oxygens (including phenoxy) is 1. The van der Waals surface area contributed by atoms with Gasteiger partial charge >= 0.3 is 15.2 Å². The Morgan fingerprint density at radius 2 is 1.55 bits per heavy atom. The second-order valence-electron chi connectivity index (χ2n) is 11.2. The summed E-state index contributed by atoms with van der Waals surface area (Å²) in [5.74, 6) is -2.70. The van der Waals surface area contributed by atoms with Gasteiger partial charge in [-0.15, -0.1) is 0 Å². The van der Waals surface area contributed by atoms with Gasteiger partial charge in [0.05, 0.1) is 17.7 Å². The normalized spacial score (nSPS) is 14.8. The molecule has 13 nitrogen and oxygen atoms in total. The van der Waals surface area contributed by atoms with Gasteiger partial charge in [-0.25, -0.2) is 4.57 Å². The van der Waals surface area contributed by atoms with Crippen LogP contribution in [-0.2, 0) is 25.1 Å². The van der Waals surface area contributed by atoms with Crippen molar-refractivity contribution in [2.75, 3.05) is 5.90 Å². The lowest BCUT2D eigenvalue weighted by Gasteiger charge is -2.26. The zero-order valence-electron chi connectivity index (χ0n) is 24.4. The Hall–Kier alpha value is -3.21. The van der Waals surface area contributed by atoms with Crippen LogP contribution in [0.2, 0.25) is 0 Å². The lowest BCUT2D eigenvalue weighted by atomic mass is 9.94. The number of primary amides is 1. The van der Waals surface area contributed by atoms with E-state index < -0.39 is 50.4 Å². The molecule has 0 heterocycles. The summed E-state index contributed by atoms with van der Waals surface area (Å²) in [4.78, 5) is 65.9. The van der Waals surface area contributed by atoms with Crippen LogP contribution in [-0.4, -0.2) is 50.5 Å². The second-order valence-corrected chi connectivity index (χ2v) is 15.1. The fourth-order valence-electron chi connectivity index (χ4n) is 3.70. The molecular formula is C27H39N3O10P2. The molecule has 2 aromatic rings. The van der Waals surface area contributed by atoms with Gasteiger partial charge in [-0.1, -0.05) is 39.0 Å². The number of hydrogen-bond donors (Lipinski definition) is 6. The first-order valence-electron chi connectivity index (χ1n) is 13.0. The van der Waals surface area contributed by atoms with Crippen molar-refractivity contribution in [3.05, 3.63) is 59.2 Å². The molecule has 7 N–H and O–H groups in total. The van der Waals surface area contributed by atoms with E-state index in [1.165, 1.54) is 24.3 Å². The van der Waals surface area contributed by atoms with Gasteiger partial charge in [0.25, 0.3) is 5.91 Å². The summed E-state index contributed by atoms with van der Waals surface area (Å²) >= 11 is 0. The van der Waals surface area contributed by atoms with Crippen molar-refractivity contribution in [2.45, 2.75) is 66.2 Å². The number of nitrogens with one attached hydrogen (secondary N) is 2. The summed E-state index contributed by atoms with van der Waals surface area (Å²) < 4.78 is 33.6. The minimum absolute atomic E-state index is 0.0353. The zero-order valence-corrected chi connectivity index (χ0v) is 26.1. The molecule has 0 spiro atoms. The fraction of sp³-hybridized carbons (Fsp3) is 0.444. The summed E-state index contributed by atoms with van der Waals surface area (Å²) in [6.45, 7) is 10.4. The lowest BCUT2D eigenvalue weighted by molar-refractivity contribution is -0.133. The molecule has 0 fully saturated rings. The van der Waals surface area contributed by atoms with Gasteiger partial charge in [0.2, 0.25) is 11.8 Å². The highest BCUT2D eigenvalue weighted by Gasteiger charge is 2.32. The number of carbonyl (C=O) groups is 3. The van der Waals surface area contributed by atoms with Gasteiger partial charge in [0.15, 0.2) is 5.90 Å². The van der Waals surface area contributed by atoms with Gasteiger partial charge in [0.1, 0.15) is 17.5 Å². The van der Waals surface area contributed by atoms with E-state index in [1.54, 1.807) is 45.9 Å². The van der Waals surface area contributed by atoms with Gasteiger partial charge in [-0.05, 0) is 56.2 Å². The van der Waals surface area contributed by atoms with E-state index >= 15 is 0 Å². The van der Waals surface area contributed by atoms with Crippen LogP contribution in [0.5, 0.6) is 11.5 Å². The largest absolute Gasteiger partial charge is 0.490 e. The zero-order chi connectivity index (χ0) is 32.0. The van der Waals surface area contributed by atoms with Crippen LogP contribution < -0.4 is 25.6 Å². The maximum atomic E-state index is 13.4. The summed E-state index contributed by atoms with van der Waals surface area (Å²) in [6, 6.07) is 8.84. The molecule has 1 unspecified atom stereocenters. The predicted molar refractivity (Wildman–Crippen MR) is 156 cm³/mol. The van der Waals surface area contributed by atoms with E-state index in [-0.39, 0.29) is 29.7 Å². The molecule has 0 aliphatic rings. The molecular weight excluding hydrogens is 588 g/mol. The number of rotatable bonds is 13. The monoisotopic (exact) mass is 627 g/mol. The number of nitrogens with two attached hydrogens (primary N) is 1. The lowest BCUT2D eigenvalue weighted by Crippen LogP contribution is -2.51. The van der Waals surface area contributed by atoms with Gasteiger partial charge in [-0.3, -0.25) is 18.9 Å². The van der Waals surface area contributed by atoms with Gasteiger partial charge in [-0.2, -0.15) is 0 Å². The standard InChI is InChI=1S/C27H39N3O10P2/c1-16(2)39-23-12-9-19(14-21(23)24(28)31)17(3)29-25(32)22(30-26(33)27(4,5)6)13-18-7-10-20(11-8-18)40-42(37,38)15-41(34,35)36/h7-12,14,16-17,22H,13,15H2,1-6H3,(H2,28,31)(H,29,32)(H,30,33)(H,37,38)(H2,34,35,36)/t17-,22-/m0/s1. The van der Waals surface area contributed by atoms with Crippen LogP contribution in [0.25, 0.3) is 0 Å². The molecule has 15 heteroatoms. The highest BCUT2D eigenvalue weighted by atomic mass is 31.2. The Bertz CT molecular complexity index is 1380. The van der Waals surface area contributed by atoms with Crippen LogP contribution in [0.4, 0.5) is 0 Å². The smallest absolute Gasteiger partial charge is 0.388 e. The van der Waals surface area contributed by atoms with Crippen molar-refractivity contribution in [3.8, 4) is 11.5 Å². The van der Waals surface area contributed by atoms with Gasteiger partial charge < -0.3 is 40.3 Å². The van der Waals surface area contributed by atoms with Crippen LogP contribution in [0.3, 0.4) is 0 Å².